The monoisotopic (exact) mass is 408 g/mol. The van der Waals surface area contributed by atoms with E-state index in [1.807, 2.05) is 0 Å². The van der Waals surface area contributed by atoms with Gasteiger partial charge in [-0.2, -0.15) is 0 Å². The van der Waals surface area contributed by atoms with Gasteiger partial charge < -0.3 is 28.7 Å². The van der Waals surface area contributed by atoms with E-state index in [-0.39, 0.29) is 57.9 Å². The smallest absolute Gasteiger partial charge is 0.810 e. The molecule has 0 spiro atoms. The summed E-state index contributed by atoms with van der Waals surface area (Å²) in [5.41, 5.74) is 0. The largest absolute Gasteiger partial charge is 1.00 e. The van der Waals surface area contributed by atoms with Crippen LogP contribution in [-0.2, 0) is 9.13 Å². The van der Waals surface area contributed by atoms with Crippen LogP contribution in [0.4, 0.5) is 0 Å². The summed E-state index contributed by atoms with van der Waals surface area (Å²) >= 11 is 0. The maximum atomic E-state index is 10.7. The molecular weight excluding hydrogens is 379 g/mol. The predicted octanol–water partition coefficient (Wildman–Crippen LogP) is -2.04. The first-order valence-electron chi connectivity index (χ1n) is 8.38. The molecule has 0 atom stereocenters. The number of nitrogens with zero attached hydrogens (tertiary/aromatic N) is 1. The van der Waals surface area contributed by atoms with Crippen LogP contribution in [-0.4, -0.2) is 24.0 Å². The van der Waals surface area contributed by atoms with Crippen LogP contribution in [0.1, 0.15) is 71.1 Å². The summed E-state index contributed by atoms with van der Waals surface area (Å²) in [5, 5.41) is 0. The third kappa shape index (κ3) is 21.9. The van der Waals surface area contributed by atoms with E-state index < -0.39 is 27.8 Å². The zero-order valence-corrected chi connectivity index (χ0v) is 19.9. The van der Waals surface area contributed by atoms with Crippen LogP contribution in [0.3, 0.4) is 0 Å². The molecule has 0 bridgehead atoms. The molecule has 0 rings (SSSR count). The van der Waals surface area contributed by atoms with E-state index in [1.54, 1.807) is 0 Å². The summed E-state index contributed by atoms with van der Waals surface area (Å²) < 4.78 is 21.5. The van der Waals surface area contributed by atoms with Crippen molar-refractivity contribution in [3.63, 3.8) is 0 Å². The Bertz CT molecular complexity index is 363. The Hall–Kier alpha value is 1.90. The second kappa shape index (κ2) is 15.9. The van der Waals surface area contributed by atoms with E-state index in [1.165, 1.54) is 38.5 Å². The summed E-state index contributed by atoms with van der Waals surface area (Å²) in [6.45, 7) is 2.32. The average Bonchev–Trinajstić information content (AvgIpc) is 2.37. The van der Waals surface area contributed by atoms with E-state index in [9.17, 15) is 28.7 Å². The minimum atomic E-state index is -4.86. The molecule has 0 unspecified atom stereocenters. The summed E-state index contributed by atoms with van der Waals surface area (Å²) in [4.78, 5) is 43.9. The van der Waals surface area contributed by atoms with E-state index in [2.05, 4.69) is 6.92 Å². The van der Waals surface area contributed by atoms with Gasteiger partial charge in [-0.3, -0.25) is 4.90 Å². The molecule has 7 nitrogen and oxygen atoms in total. The number of hydrogen-bond acceptors (Lipinski definition) is 7. The van der Waals surface area contributed by atoms with Crippen molar-refractivity contribution < 1.29 is 80.1 Å². The first-order valence-corrected chi connectivity index (χ1v) is 11.8. The van der Waals surface area contributed by atoms with Crippen LogP contribution in [0, 0.1) is 0 Å². The van der Waals surface area contributed by atoms with Gasteiger partial charge in [-0.05, 0) is 13.0 Å². The second-order valence-corrected chi connectivity index (χ2v) is 9.09. The summed E-state index contributed by atoms with van der Waals surface area (Å²) in [6, 6.07) is 0. The fourth-order valence-electron chi connectivity index (χ4n) is 2.50. The van der Waals surface area contributed by atoms with Crippen LogP contribution in [0.15, 0.2) is 0 Å². The number of rotatable bonds is 15. The van der Waals surface area contributed by atoms with Crippen LogP contribution < -0.4 is 71.0 Å². The molecule has 0 saturated carbocycles. The van der Waals surface area contributed by atoms with Crippen molar-refractivity contribution in [2.45, 2.75) is 71.1 Å². The molecule has 0 aliphatic rings. The van der Waals surface area contributed by atoms with Gasteiger partial charge in [0, 0.05) is 12.6 Å². The van der Waals surface area contributed by atoms with Crippen molar-refractivity contribution in [3.05, 3.63) is 0 Å². The zero-order valence-electron chi connectivity index (χ0n) is 15.0. The normalized spacial score (nSPS) is 12.4. The Morgan fingerprint density at radius 2 is 1.00 bits per heavy atom. The first kappa shape index (κ1) is 28.1. The Balaban J connectivity index is 0. The van der Waals surface area contributed by atoms with Crippen LogP contribution in [0.25, 0.3) is 0 Å². The molecule has 0 saturated heterocycles. The van der Waals surface area contributed by atoms with Gasteiger partial charge in [-0.25, -0.2) is 0 Å². The molecule has 0 amide bonds. The van der Waals surface area contributed by atoms with Gasteiger partial charge in [0.25, 0.3) is 0 Å². The Labute approximate surface area is 188 Å². The van der Waals surface area contributed by atoms with E-state index in [0.717, 1.165) is 24.2 Å². The second-order valence-electron chi connectivity index (χ2n) is 6.08. The zero-order chi connectivity index (χ0) is 17.8. The summed E-state index contributed by atoms with van der Waals surface area (Å²) in [5.74, 6) is 0. The van der Waals surface area contributed by atoms with Crippen molar-refractivity contribution in [1.82, 2.24) is 4.90 Å². The van der Waals surface area contributed by atoms with Crippen LogP contribution >= 0.6 is 15.2 Å². The van der Waals surface area contributed by atoms with Crippen molar-refractivity contribution in [1.29, 1.82) is 0 Å². The van der Waals surface area contributed by atoms with E-state index in [0.29, 0.717) is 6.42 Å². The van der Waals surface area contributed by atoms with Gasteiger partial charge in [-0.1, -0.05) is 79.9 Å². The van der Waals surface area contributed by atoms with Crippen LogP contribution in [0.5, 0.6) is 0 Å². The van der Waals surface area contributed by atoms with Gasteiger partial charge >= 0.3 is 51.4 Å². The maximum Gasteiger partial charge on any atom is 1.00 e. The molecule has 24 heavy (non-hydrogen) atoms. The molecule has 0 radical (unpaired) electrons. The molecule has 0 fully saturated rings. The predicted molar refractivity (Wildman–Crippen MR) is 83.5 cm³/mol. The molecule has 0 aliphatic heterocycles. The third-order valence-corrected chi connectivity index (χ3v) is 5.07. The standard InChI is InChI=1S/C14H33NO6P2.K/c1-2-3-4-5-6-7-8-9-10-11-12-15(13-22(16,17)18)14-23(19,20)21;/h2-14H2,1H3,(H2,16,17,18)(H2,19,20,21);/q;+1/p-4. The molecule has 0 aromatic heterocycles. The minimum Gasteiger partial charge on any atom is -0.810 e. The Morgan fingerprint density at radius 1 is 0.667 bits per heavy atom. The Morgan fingerprint density at radius 3 is 1.33 bits per heavy atom. The topological polar surface area (TPSA) is 130 Å². The van der Waals surface area contributed by atoms with Gasteiger partial charge in [-0.15, -0.1) is 0 Å². The van der Waals surface area contributed by atoms with Gasteiger partial charge in [0.1, 0.15) is 0 Å². The quantitative estimate of drug-likeness (QED) is 0.173. The average molecular weight is 408 g/mol. The maximum absolute atomic E-state index is 10.7. The van der Waals surface area contributed by atoms with E-state index in [4.69, 9.17) is 0 Å². The fourth-order valence-corrected chi connectivity index (χ4v) is 4.12. The molecule has 0 aromatic carbocycles. The first-order chi connectivity index (χ1) is 10.6. The molecule has 0 heterocycles. The summed E-state index contributed by atoms with van der Waals surface area (Å²) in [7, 11) is -9.72. The van der Waals surface area contributed by atoms with Crippen molar-refractivity contribution >= 4 is 15.2 Å². The van der Waals surface area contributed by atoms with Gasteiger partial charge in [0.15, 0.2) is 0 Å². The number of unbranched alkanes of at least 4 members (excludes halogenated alkanes) is 9. The SMILES string of the molecule is CCCCCCCCCCCCN(CP(=O)([O-])[O-])CP(=O)([O-])[O-].[K+]. The molecule has 0 N–H and O–H groups in total. The molecular formula is C14H29KNO6P2-3. The van der Waals surface area contributed by atoms with Crippen molar-refractivity contribution in [2.75, 3.05) is 19.1 Å². The van der Waals surface area contributed by atoms with Gasteiger partial charge in [0.2, 0.25) is 0 Å². The molecule has 0 aromatic rings. The summed E-state index contributed by atoms with van der Waals surface area (Å²) in [6.07, 6.45) is 9.11. The van der Waals surface area contributed by atoms with Crippen molar-refractivity contribution in [2.24, 2.45) is 0 Å². The molecule has 0 aliphatic carbocycles. The molecule has 10 heteroatoms. The minimum absolute atomic E-state index is 0. The molecule has 140 valence electrons. The van der Waals surface area contributed by atoms with E-state index >= 15 is 0 Å². The van der Waals surface area contributed by atoms with Crippen LogP contribution in [0.2, 0.25) is 0 Å². The number of hydrogen-bond donors (Lipinski definition) is 0. The fraction of sp³-hybridized carbons (Fsp3) is 1.00. The van der Waals surface area contributed by atoms with Crippen molar-refractivity contribution in [3.8, 4) is 0 Å². The Kier molecular flexibility index (Phi) is 18.6. The third-order valence-electron chi connectivity index (χ3n) is 3.57. The van der Waals surface area contributed by atoms with Gasteiger partial charge in [0.05, 0.1) is 0 Å².